The van der Waals surface area contributed by atoms with Crippen molar-refractivity contribution in [1.29, 1.82) is 0 Å². The largest absolute Gasteiger partial charge is 0.313 e. The zero-order chi connectivity index (χ0) is 6.20. The van der Waals surface area contributed by atoms with Gasteiger partial charge < -0.3 is 10.2 Å². The third kappa shape index (κ3) is 0.740. The van der Waals surface area contributed by atoms with Crippen molar-refractivity contribution in [1.82, 2.24) is 10.2 Å². The molecular formula is C6H14N2. The molecule has 0 aromatic rings. The Balaban J connectivity index is 2.41. The first-order valence-electron chi connectivity index (χ1n) is 3.03. The molecule has 2 nitrogen and oxygen atoms in total. The first kappa shape index (κ1) is 6.05. The van der Waals surface area contributed by atoms with Crippen LogP contribution < -0.4 is 5.32 Å². The van der Waals surface area contributed by atoms with Crippen LogP contribution in [0.1, 0.15) is 6.92 Å². The molecule has 8 heavy (non-hydrogen) atoms. The predicted molar refractivity (Wildman–Crippen MR) is 35.0 cm³/mol. The number of likely N-dealkylation sites (N-methyl/N-ethyl adjacent to an activating group) is 1. The van der Waals surface area contributed by atoms with E-state index in [1.54, 1.807) is 0 Å². The number of nitrogens with zero attached hydrogens (tertiary/aromatic N) is 1. The van der Waals surface area contributed by atoms with Crippen molar-refractivity contribution in [2.45, 2.75) is 12.5 Å². The highest BCUT2D eigenvalue weighted by Crippen LogP contribution is 2.14. The monoisotopic (exact) mass is 114 g/mol. The molecule has 0 aromatic heterocycles. The summed E-state index contributed by atoms with van der Waals surface area (Å²) in [7, 11) is 4.25. The Kier molecular flexibility index (Phi) is 1.29. The van der Waals surface area contributed by atoms with Crippen LogP contribution in [0.25, 0.3) is 0 Å². The molecule has 0 atom stereocenters. The van der Waals surface area contributed by atoms with Crippen molar-refractivity contribution < 1.29 is 0 Å². The van der Waals surface area contributed by atoms with E-state index in [1.807, 2.05) is 0 Å². The van der Waals surface area contributed by atoms with Crippen molar-refractivity contribution >= 4 is 0 Å². The van der Waals surface area contributed by atoms with Gasteiger partial charge in [-0.25, -0.2) is 0 Å². The number of rotatable bonds is 1. The highest BCUT2D eigenvalue weighted by molar-refractivity contribution is 4.95. The van der Waals surface area contributed by atoms with E-state index >= 15 is 0 Å². The summed E-state index contributed by atoms with van der Waals surface area (Å²) < 4.78 is 0. The molecule has 48 valence electrons. The second-order valence-electron chi connectivity index (χ2n) is 2.99. The van der Waals surface area contributed by atoms with Crippen LogP contribution in [0.4, 0.5) is 0 Å². The van der Waals surface area contributed by atoms with Gasteiger partial charge in [0, 0.05) is 18.6 Å². The van der Waals surface area contributed by atoms with Gasteiger partial charge in [-0.1, -0.05) is 0 Å². The molecule has 1 saturated heterocycles. The second kappa shape index (κ2) is 1.71. The molecule has 0 spiro atoms. The molecule has 0 saturated carbocycles. The van der Waals surface area contributed by atoms with Gasteiger partial charge in [0.15, 0.2) is 0 Å². The van der Waals surface area contributed by atoms with E-state index in [9.17, 15) is 0 Å². The van der Waals surface area contributed by atoms with Gasteiger partial charge in [0.05, 0.1) is 0 Å². The van der Waals surface area contributed by atoms with Crippen LogP contribution in [0, 0.1) is 0 Å². The summed E-state index contributed by atoms with van der Waals surface area (Å²) in [5, 5.41) is 3.24. The Labute approximate surface area is 50.9 Å². The Hall–Kier alpha value is -0.0800. The van der Waals surface area contributed by atoms with E-state index in [1.165, 1.54) is 0 Å². The maximum absolute atomic E-state index is 3.24. The smallest absolute Gasteiger partial charge is 0.0423 e. The summed E-state index contributed by atoms with van der Waals surface area (Å²) in [6, 6.07) is 0. The quantitative estimate of drug-likeness (QED) is 0.512. The fourth-order valence-corrected chi connectivity index (χ4v) is 0.803. The van der Waals surface area contributed by atoms with Gasteiger partial charge in [0.2, 0.25) is 0 Å². The molecule has 0 unspecified atom stereocenters. The second-order valence-corrected chi connectivity index (χ2v) is 2.99. The molecule has 0 bridgehead atoms. The van der Waals surface area contributed by atoms with Crippen LogP contribution in [0.3, 0.4) is 0 Å². The molecule has 1 N–H and O–H groups in total. The van der Waals surface area contributed by atoms with Gasteiger partial charge in [-0.2, -0.15) is 0 Å². The molecule has 1 aliphatic heterocycles. The van der Waals surface area contributed by atoms with Crippen molar-refractivity contribution in [3.63, 3.8) is 0 Å². The zero-order valence-corrected chi connectivity index (χ0v) is 5.86. The van der Waals surface area contributed by atoms with E-state index < -0.39 is 0 Å². The molecule has 0 radical (unpaired) electrons. The van der Waals surface area contributed by atoms with Crippen molar-refractivity contribution in [3.8, 4) is 0 Å². The lowest BCUT2D eigenvalue weighted by molar-refractivity contribution is 0.106. The zero-order valence-electron chi connectivity index (χ0n) is 5.86. The summed E-state index contributed by atoms with van der Waals surface area (Å²) in [5.74, 6) is 0. The van der Waals surface area contributed by atoms with Crippen molar-refractivity contribution in [3.05, 3.63) is 0 Å². The van der Waals surface area contributed by atoms with Gasteiger partial charge in [-0.15, -0.1) is 0 Å². The lowest BCUT2D eigenvalue weighted by Crippen LogP contribution is -2.64. The highest BCUT2D eigenvalue weighted by Gasteiger charge is 2.33. The van der Waals surface area contributed by atoms with Crippen LogP contribution >= 0.6 is 0 Å². The third-order valence-electron chi connectivity index (χ3n) is 2.09. The van der Waals surface area contributed by atoms with Gasteiger partial charge in [-0.3, -0.25) is 0 Å². The number of hydrogen-bond donors (Lipinski definition) is 1. The Morgan fingerprint density at radius 1 is 1.38 bits per heavy atom. The van der Waals surface area contributed by atoms with Crippen LogP contribution in [0.2, 0.25) is 0 Å². The first-order valence-corrected chi connectivity index (χ1v) is 3.03. The number of nitrogens with one attached hydrogen (secondary N) is 1. The topological polar surface area (TPSA) is 15.3 Å². The molecule has 1 heterocycles. The SMILES string of the molecule is CN(C)C1(C)CNC1. The van der Waals surface area contributed by atoms with E-state index in [4.69, 9.17) is 0 Å². The van der Waals surface area contributed by atoms with Gasteiger partial charge >= 0.3 is 0 Å². The molecule has 1 aliphatic rings. The third-order valence-corrected chi connectivity index (χ3v) is 2.09. The Morgan fingerprint density at radius 3 is 1.88 bits per heavy atom. The van der Waals surface area contributed by atoms with Crippen molar-refractivity contribution in [2.24, 2.45) is 0 Å². The summed E-state index contributed by atoms with van der Waals surface area (Å²) in [4.78, 5) is 2.27. The Bertz CT molecular complexity index is 84.5. The predicted octanol–water partition coefficient (Wildman–Crippen LogP) is -0.0901. The van der Waals surface area contributed by atoms with Crippen LogP contribution in [0.15, 0.2) is 0 Å². The van der Waals surface area contributed by atoms with Gasteiger partial charge in [-0.05, 0) is 21.0 Å². The summed E-state index contributed by atoms with van der Waals surface area (Å²) in [6.07, 6.45) is 0. The first-order chi connectivity index (χ1) is 3.65. The maximum Gasteiger partial charge on any atom is 0.0423 e. The maximum atomic E-state index is 3.24. The lowest BCUT2D eigenvalue weighted by atomic mass is 9.94. The highest BCUT2D eigenvalue weighted by atomic mass is 15.2. The average Bonchev–Trinajstić information content (AvgIpc) is 1.60. The molecule has 2 heteroatoms. The Morgan fingerprint density at radius 2 is 1.88 bits per heavy atom. The molecular weight excluding hydrogens is 100 g/mol. The van der Waals surface area contributed by atoms with Crippen LogP contribution in [0.5, 0.6) is 0 Å². The molecule has 1 rings (SSSR count). The minimum atomic E-state index is 0.444. The molecule has 0 amide bonds. The minimum absolute atomic E-state index is 0.444. The normalized spacial score (nSPS) is 25.5. The molecule has 1 fully saturated rings. The fraction of sp³-hybridized carbons (Fsp3) is 1.00. The standard InChI is InChI=1S/C6H14N2/c1-6(8(2)3)4-7-5-6/h7H,4-5H2,1-3H3. The van der Waals surface area contributed by atoms with Crippen LogP contribution in [-0.2, 0) is 0 Å². The van der Waals surface area contributed by atoms with Gasteiger partial charge in [0.25, 0.3) is 0 Å². The van der Waals surface area contributed by atoms with Gasteiger partial charge in [0.1, 0.15) is 0 Å². The van der Waals surface area contributed by atoms with E-state index in [0.29, 0.717) is 5.54 Å². The molecule has 0 aromatic carbocycles. The van der Waals surface area contributed by atoms with E-state index in [-0.39, 0.29) is 0 Å². The fourth-order valence-electron chi connectivity index (χ4n) is 0.803. The lowest BCUT2D eigenvalue weighted by Gasteiger charge is -2.44. The van der Waals surface area contributed by atoms with E-state index in [2.05, 4.69) is 31.2 Å². The summed E-state index contributed by atoms with van der Waals surface area (Å²) in [6.45, 7) is 4.55. The summed E-state index contributed by atoms with van der Waals surface area (Å²) >= 11 is 0. The van der Waals surface area contributed by atoms with E-state index in [0.717, 1.165) is 13.1 Å². The number of hydrogen-bond acceptors (Lipinski definition) is 2. The summed E-state index contributed by atoms with van der Waals surface area (Å²) in [5.41, 5.74) is 0.444. The molecule has 0 aliphatic carbocycles. The van der Waals surface area contributed by atoms with Crippen LogP contribution in [-0.4, -0.2) is 37.6 Å². The van der Waals surface area contributed by atoms with Crippen molar-refractivity contribution in [2.75, 3.05) is 27.2 Å². The average molecular weight is 114 g/mol. The minimum Gasteiger partial charge on any atom is -0.313 e.